The first-order chi connectivity index (χ1) is 14.1. The summed E-state index contributed by atoms with van der Waals surface area (Å²) in [7, 11) is 1.59. The molecule has 1 aliphatic heterocycles. The normalized spacial score (nSPS) is 19.1. The van der Waals surface area contributed by atoms with Gasteiger partial charge in [0, 0.05) is 41.2 Å². The molecule has 3 aliphatic rings. The maximum atomic E-state index is 12.7. The van der Waals surface area contributed by atoms with Crippen molar-refractivity contribution in [1.29, 1.82) is 0 Å². The molecule has 148 valence electrons. The van der Waals surface area contributed by atoms with Crippen LogP contribution in [-0.2, 0) is 23.0 Å². The highest BCUT2D eigenvalue weighted by molar-refractivity contribution is 6.01. The number of nitrogens with zero attached hydrogens (tertiary/aromatic N) is 1. The van der Waals surface area contributed by atoms with Gasteiger partial charge in [-0.1, -0.05) is 6.58 Å². The SMILES string of the molecule is C=C/C(=C\C(=C/N)c1cc2c(cn1)CCc1c-2[nH]c2c1C(=O)NCC21CC1)OC. The van der Waals surface area contributed by atoms with Crippen LogP contribution in [0, 0.1) is 0 Å². The summed E-state index contributed by atoms with van der Waals surface area (Å²) >= 11 is 0. The third-order valence-corrected chi connectivity index (χ3v) is 6.41. The van der Waals surface area contributed by atoms with E-state index in [1.807, 2.05) is 12.3 Å². The minimum atomic E-state index is 0.0500. The number of carbonyl (C=O) groups is 1. The minimum Gasteiger partial charge on any atom is -0.497 e. The predicted molar refractivity (Wildman–Crippen MR) is 112 cm³/mol. The number of amides is 1. The second kappa shape index (κ2) is 6.37. The van der Waals surface area contributed by atoms with Gasteiger partial charge in [-0.3, -0.25) is 9.78 Å². The summed E-state index contributed by atoms with van der Waals surface area (Å²) in [6, 6.07) is 2.05. The Morgan fingerprint density at radius 1 is 1.38 bits per heavy atom. The molecule has 4 N–H and O–H groups in total. The number of aromatic amines is 1. The van der Waals surface area contributed by atoms with E-state index in [9.17, 15) is 4.79 Å². The van der Waals surface area contributed by atoms with E-state index in [4.69, 9.17) is 10.5 Å². The Morgan fingerprint density at radius 2 is 2.21 bits per heavy atom. The highest BCUT2D eigenvalue weighted by Crippen LogP contribution is 2.52. The third kappa shape index (κ3) is 2.63. The summed E-state index contributed by atoms with van der Waals surface area (Å²) in [6.45, 7) is 4.49. The minimum absolute atomic E-state index is 0.0500. The van der Waals surface area contributed by atoms with Crippen molar-refractivity contribution in [3.8, 4) is 11.3 Å². The molecule has 2 aromatic heterocycles. The summed E-state index contributed by atoms with van der Waals surface area (Å²) < 4.78 is 5.29. The van der Waals surface area contributed by atoms with Gasteiger partial charge in [0.2, 0.25) is 0 Å². The van der Waals surface area contributed by atoms with E-state index >= 15 is 0 Å². The van der Waals surface area contributed by atoms with Crippen LogP contribution in [0.25, 0.3) is 16.8 Å². The highest BCUT2D eigenvalue weighted by Gasteiger charge is 2.51. The fourth-order valence-electron chi connectivity index (χ4n) is 4.57. The van der Waals surface area contributed by atoms with E-state index in [0.29, 0.717) is 5.76 Å². The van der Waals surface area contributed by atoms with Crippen molar-refractivity contribution in [3.63, 3.8) is 0 Å². The number of ether oxygens (including phenoxy) is 1. The Hall–Kier alpha value is -3.28. The number of hydrogen-bond acceptors (Lipinski definition) is 4. The molecule has 1 fully saturated rings. The van der Waals surface area contributed by atoms with E-state index in [0.717, 1.165) is 71.6 Å². The molecule has 2 aromatic rings. The third-order valence-electron chi connectivity index (χ3n) is 6.41. The lowest BCUT2D eigenvalue weighted by molar-refractivity contribution is 0.0936. The first-order valence-corrected chi connectivity index (χ1v) is 9.93. The van der Waals surface area contributed by atoms with Crippen LogP contribution in [0.3, 0.4) is 0 Å². The number of aryl methyl sites for hydroxylation is 1. The van der Waals surface area contributed by atoms with Crippen LogP contribution in [0.1, 0.15) is 45.7 Å². The van der Waals surface area contributed by atoms with Gasteiger partial charge in [0.25, 0.3) is 5.91 Å². The molecule has 5 rings (SSSR count). The molecular formula is C23H24N4O2. The maximum absolute atomic E-state index is 12.7. The number of fused-ring (bicyclic) bond motifs is 6. The van der Waals surface area contributed by atoms with Gasteiger partial charge in [-0.2, -0.15) is 0 Å². The molecule has 1 saturated carbocycles. The molecule has 0 radical (unpaired) electrons. The number of nitrogens with two attached hydrogens (primary N) is 1. The summed E-state index contributed by atoms with van der Waals surface area (Å²) in [4.78, 5) is 20.9. The number of nitrogens with one attached hydrogen (secondary N) is 2. The molecule has 6 nitrogen and oxygen atoms in total. The summed E-state index contributed by atoms with van der Waals surface area (Å²) in [5.41, 5.74) is 14.0. The van der Waals surface area contributed by atoms with Crippen molar-refractivity contribution in [2.75, 3.05) is 13.7 Å². The van der Waals surface area contributed by atoms with Gasteiger partial charge in [0.15, 0.2) is 0 Å². The Balaban J connectivity index is 1.64. The average molecular weight is 388 g/mol. The fraction of sp³-hybridized carbons (Fsp3) is 0.304. The van der Waals surface area contributed by atoms with Crippen molar-refractivity contribution < 1.29 is 9.53 Å². The highest BCUT2D eigenvalue weighted by atomic mass is 16.5. The molecule has 0 saturated heterocycles. The van der Waals surface area contributed by atoms with Crippen LogP contribution < -0.4 is 11.1 Å². The quantitative estimate of drug-likeness (QED) is 0.555. The lowest BCUT2D eigenvalue weighted by Gasteiger charge is -2.23. The summed E-state index contributed by atoms with van der Waals surface area (Å²) in [5, 5.41) is 3.10. The molecule has 0 unspecified atom stereocenters. The monoisotopic (exact) mass is 388 g/mol. The molecule has 1 amide bonds. The number of H-pyrrole nitrogens is 1. The van der Waals surface area contributed by atoms with Crippen LogP contribution in [0.5, 0.6) is 0 Å². The van der Waals surface area contributed by atoms with Crippen LogP contribution in [0.4, 0.5) is 0 Å². The summed E-state index contributed by atoms with van der Waals surface area (Å²) in [6.07, 6.45) is 10.9. The van der Waals surface area contributed by atoms with Gasteiger partial charge in [-0.15, -0.1) is 0 Å². The van der Waals surface area contributed by atoms with Gasteiger partial charge >= 0.3 is 0 Å². The zero-order valence-electron chi connectivity index (χ0n) is 16.5. The van der Waals surface area contributed by atoms with Crippen LogP contribution in [0.15, 0.2) is 43.0 Å². The van der Waals surface area contributed by atoms with Crippen molar-refractivity contribution >= 4 is 11.5 Å². The number of pyridine rings is 1. The maximum Gasteiger partial charge on any atom is 0.253 e. The topological polar surface area (TPSA) is 93.0 Å². The summed E-state index contributed by atoms with van der Waals surface area (Å²) in [5.74, 6) is 0.665. The molecule has 0 bridgehead atoms. The number of methoxy groups -OCH3 is 1. The molecular weight excluding hydrogens is 364 g/mol. The molecule has 3 heterocycles. The first kappa shape index (κ1) is 17.8. The number of carbonyl (C=O) groups excluding carboxylic acids is 1. The van der Waals surface area contributed by atoms with Crippen LogP contribution in [-0.4, -0.2) is 29.5 Å². The van der Waals surface area contributed by atoms with Crippen molar-refractivity contribution in [3.05, 3.63) is 71.0 Å². The lowest BCUT2D eigenvalue weighted by atomic mass is 9.86. The lowest BCUT2D eigenvalue weighted by Crippen LogP contribution is -2.39. The molecule has 6 heteroatoms. The molecule has 0 atom stereocenters. The Bertz CT molecular complexity index is 1100. The Kier molecular flexibility index (Phi) is 3.91. The number of aromatic nitrogens is 2. The smallest absolute Gasteiger partial charge is 0.253 e. The molecule has 1 spiro atoms. The van der Waals surface area contributed by atoms with Crippen LogP contribution in [0.2, 0.25) is 0 Å². The standard InChI is InChI=1S/C23H24N4O2/c1-3-15(29-2)8-14(10-24)18-9-17-13(11-25-18)4-5-16-19-21(27-20(16)17)23(6-7-23)12-26-22(19)28/h3,8-11,27H,1,4-7,12,24H2,2H3,(H,26,28)/b14-10+,15-8+. The number of rotatable bonds is 4. The average Bonchev–Trinajstić information content (AvgIpc) is 3.41. The van der Waals surface area contributed by atoms with E-state index < -0.39 is 0 Å². The van der Waals surface area contributed by atoms with Gasteiger partial charge < -0.3 is 20.8 Å². The van der Waals surface area contributed by atoms with E-state index in [1.165, 1.54) is 11.8 Å². The first-order valence-electron chi connectivity index (χ1n) is 9.93. The van der Waals surface area contributed by atoms with E-state index in [1.54, 1.807) is 13.2 Å². The number of allylic oxidation sites excluding steroid dienone is 3. The largest absolute Gasteiger partial charge is 0.497 e. The Morgan fingerprint density at radius 3 is 2.90 bits per heavy atom. The van der Waals surface area contributed by atoms with Crippen molar-refractivity contribution in [2.24, 2.45) is 5.73 Å². The van der Waals surface area contributed by atoms with E-state index in [2.05, 4.69) is 27.9 Å². The van der Waals surface area contributed by atoms with Gasteiger partial charge in [-0.25, -0.2) is 0 Å². The van der Waals surface area contributed by atoms with Gasteiger partial charge in [0.05, 0.1) is 24.1 Å². The van der Waals surface area contributed by atoms with Crippen molar-refractivity contribution in [1.82, 2.24) is 15.3 Å². The molecule has 29 heavy (non-hydrogen) atoms. The predicted octanol–water partition coefficient (Wildman–Crippen LogP) is 2.97. The second-order valence-electron chi connectivity index (χ2n) is 8.00. The van der Waals surface area contributed by atoms with Crippen molar-refractivity contribution in [2.45, 2.75) is 31.1 Å². The van der Waals surface area contributed by atoms with Crippen LogP contribution >= 0.6 is 0 Å². The zero-order chi connectivity index (χ0) is 20.2. The van der Waals surface area contributed by atoms with Gasteiger partial charge in [0.1, 0.15) is 5.76 Å². The van der Waals surface area contributed by atoms with Gasteiger partial charge in [-0.05, 0) is 55.0 Å². The molecule has 2 aliphatic carbocycles. The second-order valence-corrected chi connectivity index (χ2v) is 8.00. The zero-order valence-corrected chi connectivity index (χ0v) is 16.5. The fourth-order valence-corrected chi connectivity index (χ4v) is 4.57. The van der Waals surface area contributed by atoms with E-state index in [-0.39, 0.29) is 11.3 Å². The Labute approximate surface area is 169 Å². The molecule has 0 aromatic carbocycles. The number of hydrogen-bond donors (Lipinski definition) is 3.